The fourth-order valence-corrected chi connectivity index (χ4v) is 4.68. The highest BCUT2D eigenvalue weighted by atomic mass is 32.2. The molecule has 1 spiro atoms. The number of nitrogens with zero attached hydrogens (tertiary/aromatic N) is 2. The standard InChI is InChI=1S/C20H30N2O2S/c1-24-13-12-22-16-20(10-8-19(22)23)9-3-11-21(15-20)14-17-4-6-18(25-2)7-5-17/h4-7H,3,8-16H2,1-2H3. The maximum Gasteiger partial charge on any atom is 0.222 e. The Labute approximate surface area is 155 Å². The minimum Gasteiger partial charge on any atom is -0.383 e. The number of carbonyl (C=O) groups excluding carboxylic acids is 1. The van der Waals surface area contributed by atoms with E-state index >= 15 is 0 Å². The topological polar surface area (TPSA) is 32.8 Å². The van der Waals surface area contributed by atoms with Gasteiger partial charge in [-0.25, -0.2) is 0 Å². The van der Waals surface area contributed by atoms with E-state index in [1.165, 1.54) is 23.3 Å². The molecule has 138 valence electrons. The zero-order valence-corrected chi connectivity index (χ0v) is 16.3. The first-order chi connectivity index (χ1) is 12.1. The number of ether oxygens (including phenoxy) is 1. The monoisotopic (exact) mass is 362 g/mol. The molecule has 2 saturated heterocycles. The Kier molecular flexibility index (Phi) is 6.42. The average Bonchev–Trinajstić information content (AvgIpc) is 2.64. The van der Waals surface area contributed by atoms with Crippen LogP contribution in [-0.4, -0.2) is 61.9 Å². The summed E-state index contributed by atoms with van der Waals surface area (Å²) in [6.07, 6.45) is 6.32. The minimum atomic E-state index is 0.277. The summed E-state index contributed by atoms with van der Waals surface area (Å²) in [7, 11) is 1.70. The van der Waals surface area contributed by atoms with Gasteiger partial charge in [0.15, 0.2) is 0 Å². The van der Waals surface area contributed by atoms with Gasteiger partial charge in [-0.3, -0.25) is 9.69 Å². The lowest BCUT2D eigenvalue weighted by Crippen LogP contribution is -2.54. The van der Waals surface area contributed by atoms with E-state index in [1.54, 1.807) is 18.9 Å². The molecule has 0 aromatic heterocycles. The number of likely N-dealkylation sites (tertiary alicyclic amines) is 2. The van der Waals surface area contributed by atoms with Crippen LogP contribution < -0.4 is 0 Å². The predicted octanol–water partition coefficient (Wildman–Crippen LogP) is 3.26. The smallest absolute Gasteiger partial charge is 0.222 e. The third kappa shape index (κ3) is 4.78. The highest BCUT2D eigenvalue weighted by molar-refractivity contribution is 7.98. The fraction of sp³-hybridized carbons (Fsp3) is 0.650. The number of thioether (sulfide) groups is 1. The van der Waals surface area contributed by atoms with Crippen molar-refractivity contribution in [2.45, 2.75) is 37.1 Å². The summed E-state index contributed by atoms with van der Waals surface area (Å²) in [4.78, 5) is 18.1. The lowest BCUT2D eigenvalue weighted by atomic mass is 9.73. The number of amides is 1. The maximum absolute atomic E-state index is 12.2. The van der Waals surface area contributed by atoms with E-state index in [2.05, 4.69) is 35.4 Å². The van der Waals surface area contributed by atoms with E-state index in [4.69, 9.17) is 4.74 Å². The van der Waals surface area contributed by atoms with Crippen LogP contribution in [0.15, 0.2) is 29.2 Å². The van der Waals surface area contributed by atoms with Gasteiger partial charge in [0.1, 0.15) is 0 Å². The van der Waals surface area contributed by atoms with Crippen LogP contribution in [0.3, 0.4) is 0 Å². The number of hydrogen-bond donors (Lipinski definition) is 0. The summed E-state index contributed by atoms with van der Waals surface area (Å²) >= 11 is 1.79. The average molecular weight is 363 g/mol. The molecule has 1 atom stereocenters. The van der Waals surface area contributed by atoms with Crippen molar-refractivity contribution in [3.05, 3.63) is 29.8 Å². The van der Waals surface area contributed by atoms with Crippen LogP contribution >= 0.6 is 11.8 Å². The molecule has 2 fully saturated rings. The van der Waals surface area contributed by atoms with Crippen LogP contribution in [0, 0.1) is 5.41 Å². The Hall–Kier alpha value is -1.04. The first-order valence-electron chi connectivity index (χ1n) is 9.26. The Morgan fingerprint density at radius 3 is 2.72 bits per heavy atom. The van der Waals surface area contributed by atoms with Gasteiger partial charge in [-0.2, -0.15) is 0 Å². The SMILES string of the molecule is COCCN1CC2(CCCN(Cc3ccc(SC)cc3)C2)CCC1=O. The second kappa shape index (κ2) is 8.56. The van der Waals surface area contributed by atoms with Gasteiger partial charge in [-0.15, -0.1) is 11.8 Å². The third-order valence-corrected chi connectivity index (χ3v) is 6.36. The molecule has 5 heteroatoms. The van der Waals surface area contributed by atoms with Crippen LogP contribution in [0.5, 0.6) is 0 Å². The summed E-state index contributed by atoms with van der Waals surface area (Å²) in [6.45, 7) is 5.55. The van der Waals surface area contributed by atoms with E-state index in [0.29, 0.717) is 18.9 Å². The third-order valence-electron chi connectivity index (χ3n) is 5.62. The Morgan fingerprint density at radius 2 is 2.00 bits per heavy atom. The zero-order chi connectivity index (χ0) is 17.7. The fourth-order valence-electron chi connectivity index (χ4n) is 4.27. The van der Waals surface area contributed by atoms with Crippen LogP contribution in [0.2, 0.25) is 0 Å². The zero-order valence-electron chi connectivity index (χ0n) is 15.5. The van der Waals surface area contributed by atoms with Crippen molar-refractivity contribution < 1.29 is 9.53 Å². The molecule has 2 aliphatic heterocycles. The molecule has 1 aromatic rings. The highest BCUT2D eigenvalue weighted by Gasteiger charge is 2.41. The lowest BCUT2D eigenvalue weighted by Gasteiger charge is -2.48. The molecule has 0 aliphatic carbocycles. The van der Waals surface area contributed by atoms with Gasteiger partial charge in [0.25, 0.3) is 0 Å². The molecular formula is C20H30N2O2S. The summed E-state index contributed by atoms with van der Waals surface area (Å²) in [5, 5.41) is 0. The van der Waals surface area contributed by atoms with E-state index in [-0.39, 0.29) is 5.41 Å². The van der Waals surface area contributed by atoms with Crippen molar-refractivity contribution in [3.63, 3.8) is 0 Å². The van der Waals surface area contributed by atoms with Gasteiger partial charge in [-0.05, 0) is 49.8 Å². The van der Waals surface area contributed by atoms with Gasteiger partial charge in [-0.1, -0.05) is 12.1 Å². The van der Waals surface area contributed by atoms with Gasteiger partial charge in [0.05, 0.1) is 6.61 Å². The van der Waals surface area contributed by atoms with Crippen molar-refractivity contribution in [1.82, 2.24) is 9.80 Å². The molecule has 0 saturated carbocycles. The molecule has 2 heterocycles. The molecule has 0 radical (unpaired) electrons. The van der Waals surface area contributed by atoms with Crippen LogP contribution in [-0.2, 0) is 16.1 Å². The quantitative estimate of drug-likeness (QED) is 0.727. The molecule has 0 N–H and O–H groups in total. The van der Waals surface area contributed by atoms with Crippen molar-refractivity contribution in [2.24, 2.45) is 5.41 Å². The molecular weight excluding hydrogens is 332 g/mol. The van der Waals surface area contributed by atoms with Gasteiger partial charge in [0, 0.05) is 50.0 Å². The summed E-state index contributed by atoms with van der Waals surface area (Å²) in [5.74, 6) is 0.299. The Morgan fingerprint density at radius 1 is 1.20 bits per heavy atom. The second-order valence-electron chi connectivity index (χ2n) is 7.47. The van der Waals surface area contributed by atoms with Crippen molar-refractivity contribution >= 4 is 17.7 Å². The molecule has 0 bridgehead atoms. The predicted molar refractivity (Wildman–Crippen MR) is 103 cm³/mol. The number of hydrogen-bond acceptors (Lipinski definition) is 4. The van der Waals surface area contributed by atoms with Crippen molar-refractivity contribution in [1.29, 1.82) is 0 Å². The lowest BCUT2D eigenvalue weighted by molar-refractivity contribution is -0.140. The number of rotatable bonds is 6. The van der Waals surface area contributed by atoms with Crippen molar-refractivity contribution in [2.75, 3.05) is 46.2 Å². The number of piperidine rings is 2. The minimum absolute atomic E-state index is 0.277. The summed E-state index contributed by atoms with van der Waals surface area (Å²) < 4.78 is 5.18. The number of carbonyl (C=O) groups is 1. The van der Waals surface area contributed by atoms with E-state index < -0.39 is 0 Å². The van der Waals surface area contributed by atoms with Gasteiger partial charge >= 0.3 is 0 Å². The molecule has 1 unspecified atom stereocenters. The number of methoxy groups -OCH3 is 1. The largest absolute Gasteiger partial charge is 0.383 e. The molecule has 1 aromatic carbocycles. The van der Waals surface area contributed by atoms with Crippen LogP contribution in [0.4, 0.5) is 0 Å². The van der Waals surface area contributed by atoms with Crippen LogP contribution in [0.25, 0.3) is 0 Å². The Balaban J connectivity index is 1.62. The normalized spacial score (nSPS) is 24.9. The van der Waals surface area contributed by atoms with E-state index in [0.717, 1.165) is 39.1 Å². The molecule has 4 nitrogen and oxygen atoms in total. The molecule has 2 aliphatic rings. The van der Waals surface area contributed by atoms with Gasteiger partial charge < -0.3 is 9.64 Å². The molecule has 25 heavy (non-hydrogen) atoms. The summed E-state index contributed by atoms with van der Waals surface area (Å²) in [5.41, 5.74) is 1.66. The van der Waals surface area contributed by atoms with E-state index in [1.807, 2.05) is 4.90 Å². The molecule has 3 rings (SSSR count). The highest BCUT2D eigenvalue weighted by Crippen LogP contribution is 2.39. The number of benzene rings is 1. The van der Waals surface area contributed by atoms with Crippen LogP contribution in [0.1, 0.15) is 31.2 Å². The van der Waals surface area contributed by atoms with Gasteiger partial charge in [0.2, 0.25) is 5.91 Å². The first kappa shape index (κ1) is 18.7. The first-order valence-corrected chi connectivity index (χ1v) is 10.5. The Bertz CT molecular complexity index is 578. The second-order valence-corrected chi connectivity index (χ2v) is 8.35. The summed E-state index contributed by atoms with van der Waals surface area (Å²) in [6, 6.07) is 8.93. The maximum atomic E-state index is 12.2. The van der Waals surface area contributed by atoms with E-state index in [9.17, 15) is 4.79 Å². The molecule has 1 amide bonds. The van der Waals surface area contributed by atoms with Crippen molar-refractivity contribution in [3.8, 4) is 0 Å².